The zero-order chi connectivity index (χ0) is 11.5. The fourth-order valence-corrected chi connectivity index (χ4v) is 2.48. The van der Waals surface area contributed by atoms with Crippen LogP contribution >= 0.6 is 23.4 Å². The minimum Gasteiger partial charge on any atom is -0.0901 e. The Morgan fingerprint density at radius 3 is 2.12 bits per heavy atom. The van der Waals surface area contributed by atoms with Gasteiger partial charge in [0.25, 0.3) is 0 Å². The zero-order valence-electron chi connectivity index (χ0n) is 9.33. The Morgan fingerprint density at radius 1 is 0.875 bits per heavy atom. The summed E-state index contributed by atoms with van der Waals surface area (Å²) in [6.45, 7) is 4.11. The molecule has 2 aromatic carbocycles. The first-order valence-electron chi connectivity index (χ1n) is 5.16. The van der Waals surface area contributed by atoms with Gasteiger partial charge in [0.1, 0.15) is 0 Å². The Balaban J connectivity index is 2.20. The van der Waals surface area contributed by atoms with Crippen molar-refractivity contribution >= 4 is 23.4 Å². The van der Waals surface area contributed by atoms with Crippen molar-refractivity contribution in [3.63, 3.8) is 0 Å². The van der Waals surface area contributed by atoms with E-state index in [0.29, 0.717) is 0 Å². The Morgan fingerprint density at radius 2 is 1.50 bits per heavy atom. The standard InChI is InChI=1S/C14H13ClS/c1-10-3-6-12(7-4-10)16-13-8-5-11(2)14(15)9-13/h3-9H,1-2H3. The Labute approximate surface area is 106 Å². The topological polar surface area (TPSA) is 0 Å². The van der Waals surface area contributed by atoms with Crippen LogP contribution in [0.4, 0.5) is 0 Å². The molecule has 2 heteroatoms. The van der Waals surface area contributed by atoms with Crippen molar-refractivity contribution in [2.24, 2.45) is 0 Å². The van der Waals surface area contributed by atoms with Crippen LogP contribution in [0.1, 0.15) is 11.1 Å². The normalized spacial score (nSPS) is 10.4. The van der Waals surface area contributed by atoms with Gasteiger partial charge in [0.2, 0.25) is 0 Å². The van der Waals surface area contributed by atoms with E-state index >= 15 is 0 Å². The lowest BCUT2D eigenvalue weighted by atomic mass is 10.2. The van der Waals surface area contributed by atoms with E-state index in [1.165, 1.54) is 15.4 Å². The van der Waals surface area contributed by atoms with Crippen LogP contribution in [0.15, 0.2) is 52.3 Å². The maximum absolute atomic E-state index is 6.09. The summed E-state index contributed by atoms with van der Waals surface area (Å²) in [5.41, 5.74) is 2.40. The van der Waals surface area contributed by atoms with Gasteiger partial charge in [0.15, 0.2) is 0 Å². The number of hydrogen-bond acceptors (Lipinski definition) is 1. The molecule has 0 amide bonds. The van der Waals surface area contributed by atoms with Crippen LogP contribution in [0.5, 0.6) is 0 Å². The van der Waals surface area contributed by atoms with Gasteiger partial charge in [0.05, 0.1) is 0 Å². The van der Waals surface area contributed by atoms with Crippen molar-refractivity contribution < 1.29 is 0 Å². The maximum Gasteiger partial charge on any atom is 0.0446 e. The number of benzene rings is 2. The molecule has 0 spiro atoms. The first-order chi connectivity index (χ1) is 7.65. The molecular weight excluding hydrogens is 236 g/mol. The van der Waals surface area contributed by atoms with Gasteiger partial charge in [-0.2, -0.15) is 0 Å². The molecule has 0 radical (unpaired) electrons. The molecular formula is C14H13ClS. The predicted octanol–water partition coefficient (Wildman–Crippen LogP) is 5.11. The quantitative estimate of drug-likeness (QED) is 0.712. The molecule has 2 aromatic rings. The average molecular weight is 249 g/mol. The highest BCUT2D eigenvalue weighted by Crippen LogP contribution is 2.30. The monoisotopic (exact) mass is 248 g/mol. The molecule has 0 unspecified atom stereocenters. The van der Waals surface area contributed by atoms with Gasteiger partial charge in [0, 0.05) is 14.8 Å². The van der Waals surface area contributed by atoms with Gasteiger partial charge < -0.3 is 0 Å². The van der Waals surface area contributed by atoms with Crippen LogP contribution in [-0.2, 0) is 0 Å². The van der Waals surface area contributed by atoms with E-state index in [4.69, 9.17) is 11.6 Å². The molecule has 2 rings (SSSR count). The minimum absolute atomic E-state index is 0.831. The average Bonchev–Trinajstić information content (AvgIpc) is 2.27. The smallest absolute Gasteiger partial charge is 0.0446 e. The van der Waals surface area contributed by atoms with Gasteiger partial charge in [-0.05, 0) is 43.7 Å². The van der Waals surface area contributed by atoms with Gasteiger partial charge in [-0.3, -0.25) is 0 Å². The summed E-state index contributed by atoms with van der Waals surface area (Å²) in [7, 11) is 0. The molecule has 82 valence electrons. The summed E-state index contributed by atoms with van der Waals surface area (Å²) in [5.74, 6) is 0. The van der Waals surface area contributed by atoms with Crippen molar-refractivity contribution in [1.29, 1.82) is 0 Å². The van der Waals surface area contributed by atoms with Crippen LogP contribution < -0.4 is 0 Å². The maximum atomic E-state index is 6.09. The molecule has 0 aliphatic rings. The van der Waals surface area contributed by atoms with Crippen LogP contribution in [0.2, 0.25) is 5.02 Å². The third-order valence-corrected chi connectivity index (χ3v) is 3.80. The second-order valence-electron chi connectivity index (χ2n) is 3.83. The van der Waals surface area contributed by atoms with E-state index in [-0.39, 0.29) is 0 Å². The highest BCUT2D eigenvalue weighted by molar-refractivity contribution is 7.99. The van der Waals surface area contributed by atoms with Crippen molar-refractivity contribution in [3.8, 4) is 0 Å². The van der Waals surface area contributed by atoms with Crippen molar-refractivity contribution in [1.82, 2.24) is 0 Å². The molecule has 0 N–H and O–H groups in total. The molecule has 0 aliphatic heterocycles. The number of rotatable bonds is 2. The molecule has 0 saturated carbocycles. The van der Waals surface area contributed by atoms with Crippen LogP contribution in [-0.4, -0.2) is 0 Å². The summed E-state index contributed by atoms with van der Waals surface area (Å²) in [6.07, 6.45) is 0. The summed E-state index contributed by atoms with van der Waals surface area (Å²) < 4.78 is 0. The van der Waals surface area contributed by atoms with E-state index in [0.717, 1.165) is 10.6 Å². The largest absolute Gasteiger partial charge is 0.0901 e. The van der Waals surface area contributed by atoms with E-state index in [9.17, 15) is 0 Å². The summed E-state index contributed by atoms with van der Waals surface area (Å²) in [5, 5.41) is 0.831. The van der Waals surface area contributed by atoms with Crippen molar-refractivity contribution in [2.45, 2.75) is 23.6 Å². The molecule has 0 saturated heterocycles. The predicted molar refractivity (Wildman–Crippen MR) is 71.5 cm³/mol. The molecule has 0 bridgehead atoms. The molecule has 0 aromatic heterocycles. The lowest BCUT2D eigenvalue weighted by Gasteiger charge is -2.04. The van der Waals surface area contributed by atoms with Gasteiger partial charge in [-0.25, -0.2) is 0 Å². The van der Waals surface area contributed by atoms with Crippen molar-refractivity contribution in [2.75, 3.05) is 0 Å². The summed E-state index contributed by atoms with van der Waals surface area (Å²) in [6, 6.07) is 14.7. The Kier molecular flexibility index (Phi) is 3.57. The van der Waals surface area contributed by atoms with Crippen LogP contribution in [0, 0.1) is 13.8 Å². The Hall–Kier alpha value is -0.920. The van der Waals surface area contributed by atoms with Gasteiger partial charge in [-0.1, -0.05) is 47.1 Å². The van der Waals surface area contributed by atoms with Crippen LogP contribution in [0.3, 0.4) is 0 Å². The molecule has 0 nitrogen and oxygen atoms in total. The fourth-order valence-electron chi connectivity index (χ4n) is 1.38. The highest BCUT2D eigenvalue weighted by atomic mass is 35.5. The molecule has 0 atom stereocenters. The second kappa shape index (κ2) is 4.94. The Bertz CT molecular complexity index is 489. The van der Waals surface area contributed by atoms with E-state index in [2.05, 4.69) is 43.3 Å². The SMILES string of the molecule is Cc1ccc(Sc2ccc(C)c(Cl)c2)cc1. The van der Waals surface area contributed by atoms with Gasteiger partial charge in [-0.15, -0.1) is 0 Å². The lowest BCUT2D eigenvalue weighted by molar-refractivity contribution is 1.34. The number of hydrogen-bond donors (Lipinski definition) is 0. The van der Waals surface area contributed by atoms with Crippen molar-refractivity contribution in [3.05, 3.63) is 58.6 Å². The van der Waals surface area contributed by atoms with Crippen LogP contribution in [0.25, 0.3) is 0 Å². The highest BCUT2D eigenvalue weighted by Gasteiger charge is 2.00. The zero-order valence-corrected chi connectivity index (χ0v) is 10.9. The third kappa shape index (κ3) is 2.81. The molecule has 0 fully saturated rings. The van der Waals surface area contributed by atoms with E-state index in [1.54, 1.807) is 11.8 Å². The lowest BCUT2D eigenvalue weighted by Crippen LogP contribution is -1.78. The van der Waals surface area contributed by atoms with Gasteiger partial charge >= 0.3 is 0 Å². The number of aryl methyl sites for hydroxylation is 2. The third-order valence-electron chi connectivity index (χ3n) is 2.40. The summed E-state index contributed by atoms with van der Waals surface area (Å²) >= 11 is 7.83. The molecule has 0 aliphatic carbocycles. The number of halogens is 1. The first-order valence-corrected chi connectivity index (χ1v) is 6.35. The van der Waals surface area contributed by atoms with E-state index < -0.39 is 0 Å². The van der Waals surface area contributed by atoms with E-state index in [1.807, 2.05) is 13.0 Å². The second-order valence-corrected chi connectivity index (χ2v) is 5.38. The molecule has 0 heterocycles. The fraction of sp³-hybridized carbons (Fsp3) is 0.143. The first kappa shape index (κ1) is 11.6. The summed E-state index contributed by atoms with van der Waals surface area (Å²) in [4.78, 5) is 2.42. The minimum atomic E-state index is 0.831. The molecule has 16 heavy (non-hydrogen) atoms.